The Hall–Kier alpha value is -0.560. The van der Waals surface area contributed by atoms with Gasteiger partial charge in [0.2, 0.25) is 0 Å². The van der Waals surface area contributed by atoms with E-state index in [0.29, 0.717) is 0 Å². The zero-order valence-electron chi connectivity index (χ0n) is 9.80. The van der Waals surface area contributed by atoms with Crippen molar-refractivity contribution in [2.45, 2.75) is 53.1 Å². The van der Waals surface area contributed by atoms with Crippen LogP contribution in [0.2, 0.25) is 0 Å². The minimum Gasteiger partial charge on any atom is -0.393 e. The summed E-state index contributed by atoms with van der Waals surface area (Å²) in [4.78, 5) is 0. The van der Waals surface area contributed by atoms with E-state index in [0.717, 1.165) is 6.42 Å². The Labute approximate surface area is 87.5 Å². The first-order valence-corrected chi connectivity index (χ1v) is 5.49. The quantitative estimate of drug-likeness (QED) is 0.714. The molecule has 0 saturated heterocycles. The van der Waals surface area contributed by atoms with Crippen LogP contribution in [-0.2, 0) is 0 Å². The highest BCUT2D eigenvalue weighted by Gasteiger charge is 2.26. The van der Waals surface area contributed by atoms with Gasteiger partial charge in [0, 0.05) is 0 Å². The molecule has 1 aliphatic carbocycles. The molecule has 0 saturated carbocycles. The maximum Gasteiger partial charge on any atom is 0.0546 e. The fraction of sp³-hybridized carbons (Fsp3) is 0.692. The summed E-state index contributed by atoms with van der Waals surface area (Å²) in [5.74, 6) is 0. The average Bonchev–Trinajstić information content (AvgIpc) is 2.01. The van der Waals surface area contributed by atoms with E-state index in [4.69, 9.17) is 0 Å². The van der Waals surface area contributed by atoms with Crippen LogP contribution in [0.1, 0.15) is 47.0 Å². The fourth-order valence-corrected chi connectivity index (χ4v) is 2.15. The molecule has 1 aliphatic rings. The molecule has 0 aromatic carbocycles. The molecule has 0 unspecified atom stereocenters. The lowest BCUT2D eigenvalue weighted by Crippen LogP contribution is -2.19. The van der Waals surface area contributed by atoms with Crippen molar-refractivity contribution in [2.24, 2.45) is 5.41 Å². The Morgan fingerprint density at radius 3 is 2.71 bits per heavy atom. The molecule has 0 aromatic rings. The van der Waals surface area contributed by atoms with Gasteiger partial charge in [-0.05, 0) is 44.1 Å². The zero-order chi connectivity index (χ0) is 10.8. The Morgan fingerprint density at radius 2 is 2.21 bits per heavy atom. The summed E-state index contributed by atoms with van der Waals surface area (Å²) in [7, 11) is 0. The van der Waals surface area contributed by atoms with E-state index in [1.807, 2.05) is 6.92 Å². The molecular formula is C13H22O. The van der Waals surface area contributed by atoms with Crippen molar-refractivity contribution in [2.75, 3.05) is 0 Å². The summed E-state index contributed by atoms with van der Waals surface area (Å²) in [6, 6.07) is 0. The maximum atomic E-state index is 9.28. The van der Waals surface area contributed by atoms with Crippen LogP contribution in [0.15, 0.2) is 23.3 Å². The predicted molar refractivity (Wildman–Crippen MR) is 61.2 cm³/mol. The first-order valence-electron chi connectivity index (χ1n) is 5.49. The standard InChI is InChI=1S/C13H22O/c1-10-6-5-9-13(3,4)12(10)8-7-11(2)14/h6,8,11,14H,5,7,9H2,1-4H3/t11-/m0/s1. The van der Waals surface area contributed by atoms with E-state index >= 15 is 0 Å². The highest BCUT2D eigenvalue weighted by molar-refractivity contribution is 5.36. The van der Waals surface area contributed by atoms with E-state index in [1.165, 1.54) is 24.0 Å². The van der Waals surface area contributed by atoms with Gasteiger partial charge in [0.1, 0.15) is 0 Å². The van der Waals surface area contributed by atoms with Gasteiger partial charge in [0.15, 0.2) is 0 Å². The van der Waals surface area contributed by atoms with Crippen LogP contribution in [0, 0.1) is 5.41 Å². The SMILES string of the molecule is CC1=CCCC(C)(C)C1=CC[C@H](C)O. The van der Waals surface area contributed by atoms with Gasteiger partial charge in [-0.15, -0.1) is 0 Å². The minimum absolute atomic E-state index is 0.229. The first kappa shape index (κ1) is 11.5. The molecule has 1 heteroatoms. The van der Waals surface area contributed by atoms with Crippen molar-refractivity contribution in [3.05, 3.63) is 23.3 Å². The molecule has 0 radical (unpaired) electrons. The van der Waals surface area contributed by atoms with Crippen LogP contribution in [-0.4, -0.2) is 11.2 Å². The van der Waals surface area contributed by atoms with Crippen LogP contribution in [0.25, 0.3) is 0 Å². The van der Waals surface area contributed by atoms with E-state index in [2.05, 4.69) is 32.9 Å². The van der Waals surface area contributed by atoms with Crippen molar-refractivity contribution < 1.29 is 5.11 Å². The Morgan fingerprint density at radius 1 is 1.57 bits per heavy atom. The summed E-state index contributed by atoms with van der Waals surface area (Å²) in [5, 5.41) is 9.28. The minimum atomic E-state index is -0.229. The van der Waals surface area contributed by atoms with Crippen LogP contribution in [0.3, 0.4) is 0 Å². The maximum absolute atomic E-state index is 9.28. The van der Waals surface area contributed by atoms with Crippen molar-refractivity contribution in [1.82, 2.24) is 0 Å². The molecule has 0 fully saturated rings. The zero-order valence-corrected chi connectivity index (χ0v) is 9.80. The molecule has 1 N–H and O–H groups in total. The fourth-order valence-electron chi connectivity index (χ4n) is 2.15. The van der Waals surface area contributed by atoms with Gasteiger partial charge >= 0.3 is 0 Å². The molecule has 1 rings (SSSR count). The van der Waals surface area contributed by atoms with Crippen LogP contribution < -0.4 is 0 Å². The molecule has 0 aliphatic heterocycles. The molecule has 80 valence electrons. The number of allylic oxidation sites excluding steroid dienone is 3. The van der Waals surface area contributed by atoms with Crippen molar-refractivity contribution in [3.8, 4) is 0 Å². The lowest BCUT2D eigenvalue weighted by atomic mass is 9.73. The van der Waals surface area contributed by atoms with Gasteiger partial charge < -0.3 is 5.11 Å². The molecular weight excluding hydrogens is 172 g/mol. The summed E-state index contributed by atoms with van der Waals surface area (Å²) < 4.78 is 0. The lowest BCUT2D eigenvalue weighted by Gasteiger charge is -2.32. The molecule has 1 nitrogen and oxygen atoms in total. The second-order valence-corrected chi connectivity index (χ2v) is 5.01. The first-order chi connectivity index (χ1) is 6.43. The average molecular weight is 194 g/mol. The van der Waals surface area contributed by atoms with Crippen LogP contribution >= 0.6 is 0 Å². The molecule has 0 bridgehead atoms. The molecule has 1 atom stereocenters. The highest BCUT2D eigenvalue weighted by Crippen LogP contribution is 2.40. The summed E-state index contributed by atoms with van der Waals surface area (Å²) in [6.45, 7) is 8.59. The predicted octanol–water partition coefficient (Wildman–Crippen LogP) is 3.45. The summed E-state index contributed by atoms with van der Waals surface area (Å²) in [6.07, 6.45) is 7.45. The molecule has 0 amide bonds. The van der Waals surface area contributed by atoms with E-state index < -0.39 is 0 Å². The smallest absolute Gasteiger partial charge is 0.0546 e. The number of hydrogen-bond acceptors (Lipinski definition) is 1. The molecule has 0 spiro atoms. The lowest BCUT2D eigenvalue weighted by molar-refractivity contribution is 0.197. The van der Waals surface area contributed by atoms with Crippen LogP contribution in [0.5, 0.6) is 0 Å². The van der Waals surface area contributed by atoms with Gasteiger partial charge in [0.05, 0.1) is 6.10 Å². The van der Waals surface area contributed by atoms with Gasteiger partial charge in [-0.3, -0.25) is 0 Å². The second kappa shape index (κ2) is 4.31. The van der Waals surface area contributed by atoms with Crippen molar-refractivity contribution in [3.63, 3.8) is 0 Å². The second-order valence-electron chi connectivity index (χ2n) is 5.01. The number of aliphatic hydroxyl groups is 1. The molecule has 0 heterocycles. The van der Waals surface area contributed by atoms with Gasteiger partial charge in [-0.2, -0.15) is 0 Å². The molecule has 0 aromatic heterocycles. The van der Waals surface area contributed by atoms with Gasteiger partial charge in [-0.1, -0.05) is 31.6 Å². The summed E-state index contributed by atoms with van der Waals surface area (Å²) >= 11 is 0. The van der Waals surface area contributed by atoms with Crippen molar-refractivity contribution >= 4 is 0 Å². The Balaban J connectivity index is 2.85. The third kappa shape index (κ3) is 2.71. The molecule has 14 heavy (non-hydrogen) atoms. The third-order valence-corrected chi connectivity index (χ3v) is 3.04. The number of aliphatic hydroxyl groups excluding tert-OH is 1. The topological polar surface area (TPSA) is 20.2 Å². The van der Waals surface area contributed by atoms with Crippen molar-refractivity contribution in [1.29, 1.82) is 0 Å². The van der Waals surface area contributed by atoms with E-state index in [1.54, 1.807) is 0 Å². The third-order valence-electron chi connectivity index (χ3n) is 3.04. The number of hydrogen-bond donors (Lipinski definition) is 1. The normalized spacial score (nSPS) is 26.1. The van der Waals surface area contributed by atoms with E-state index in [9.17, 15) is 5.11 Å². The van der Waals surface area contributed by atoms with Gasteiger partial charge in [0.25, 0.3) is 0 Å². The Kier molecular flexibility index (Phi) is 3.54. The monoisotopic (exact) mass is 194 g/mol. The van der Waals surface area contributed by atoms with Gasteiger partial charge in [-0.25, -0.2) is 0 Å². The largest absolute Gasteiger partial charge is 0.393 e. The van der Waals surface area contributed by atoms with E-state index in [-0.39, 0.29) is 11.5 Å². The van der Waals surface area contributed by atoms with Crippen LogP contribution in [0.4, 0.5) is 0 Å². The number of rotatable bonds is 2. The highest BCUT2D eigenvalue weighted by atomic mass is 16.3. The summed E-state index contributed by atoms with van der Waals surface area (Å²) in [5.41, 5.74) is 3.10. The Bertz CT molecular complexity index is 256.